The number of carboxylic acids is 1. The number of phenols is 1. The fraction of sp³-hybridized carbons (Fsp3) is 0. The van der Waals surface area contributed by atoms with Gasteiger partial charge in [-0.2, -0.15) is 0 Å². The molecule has 0 radical (unpaired) electrons. The molecule has 3 rings (SSSR count). The van der Waals surface area contributed by atoms with Gasteiger partial charge in [0.2, 0.25) is 0 Å². The molecule has 0 aliphatic rings. The number of aromatic hydroxyl groups is 1. The molecule has 5 nitrogen and oxygen atoms in total. The van der Waals surface area contributed by atoms with Gasteiger partial charge in [-0.15, -0.1) is 0 Å². The van der Waals surface area contributed by atoms with E-state index < -0.39 is 5.97 Å². The second-order valence-corrected chi connectivity index (χ2v) is 3.51. The second-order valence-electron chi connectivity index (χ2n) is 3.51. The molecule has 0 saturated carbocycles. The second kappa shape index (κ2) is 2.79. The van der Waals surface area contributed by atoms with Crippen LogP contribution in [0.4, 0.5) is 0 Å². The molecule has 80 valence electrons. The highest BCUT2D eigenvalue weighted by molar-refractivity contribution is 6.06. The zero-order chi connectivity index (χ0) is 11.3. The molecule has 5 heteroatoms. The van der Waals surface area contributed by atoms with Crippen LogP contribution in [-0.2, 0) is 0 Å². The van der Waals surface area contributed by atoms with Crippen molar-refractivity contribution in [1.29, 1.82) is 0 Å². The molecule has 2 aromatic heterocycles. The van der Waals surface area contributed by atoms with E-state index in [1.165, 1.54) is 18.2 Å². The van der Waals surface area contributed by atoms with E-state index in [0.717, 1.165) is 0 Å². The van der Waals surface area contributed by atoms with E-state index in [1.807, 2.05) is 0 Å². The van der Waals surface area contributed by atoms with Gasteiger partial charge in [-0.25, -0.2) is 4.79 Å². The zero-order valence-electron chi connectivity index (χ0n) is 8.02. The number of phenolic OH excluding ortho intramolecular Hbond substituents is 1. The first-order chi connectivity index (χ1) is 7.65. The van der Waals surface area contributed by atoms with Crippen LogP contribution in [0.5, 0.6) is 5.75 Å². The third-order valence-electron chi connectivity index (χ3n) is 2.46. The predicted molar refractivity (Wildman–Crippen MR) is 56.7 cm³/mol. The van der Waals surface area contributed by atoms with E-state index >= 15 is 0 Å². The highest BCUT2D eigenvalue weighted by Gasteiger charge is 2.14. The molecular formula is C11H7NO4. The molecule has 0 atom stereocenters. The fourth-order valence-corrected chi connectivity index (χ4v) is 1.75. The molecule has 2 heterocycles. The summed E-state index contributed by atoms with van der Waals surface area (Å²) in [5, 5.41) is 18.8. The fourth-order valence-electron chi connectivity index (χ4n) is 1.75. The normalized spacial score (nSPS) is 11.2. The van der Waals surface area contributed by atoms with Gasteiger partial charge < -0.3 is 19.6 Å². The molecule has 0 bridgehead atoms. The van der Waals surface area contributed by atoms with Gasteiger partial charge in [-0.3, -0.25) is 0 Å². The number of aromatic nitrogens is 1. The van der Waals surface area contributed by atoms with Crippen LogP contribution in [0.1, 0.15) is 10.5 Å². The zero-order valence-corrected chi connectivity index (χ0v) is 8.02. The van der Waals surface area contributed by atoms with Crippen LogP contribution in [0, 0.1) is 0 Å². The average Bonchev–Trinajstić information content (AvgIpc) is 2.75. The minimum atomic E-state index is -1.04. The maximum absolute atomic E-state index is 10.7. The Bertz CT molecular complexity index is 707. The maximum atomic E-state index is 10.7. The maximum Gasteiger partial charge on any atom is 0.352 e. The minimum Gasteiger partial charge on any atom is -0.508 e. The summed E-state index contributed by atoms with van der Waals surface area (Å²) in [4.78, 5) is 13.5. The Kier molecular flexibility index (Phi) is 1.54. The lowest BCUT2D eigenvalue weighted by atomic mass is 10.2. The summed E-state index contributed by atoms with van der Waals surface area (Å²) in [7, 11) is 0. The third-order valence-corrected chi connectivity index (χ3v) is 2.46. The smallest absolute Gasteiger partial charge is 0.352 e. The minimum absolute atomic E-state index is 0.0685. The number of furan rings is 1. The van der Waals surface area contributed by atoms with Gasteiger partial charge in [0.25, 0.3) is 0 Å². The van der Waals surface area contributed by atoms with Gasteiger partial charge >= 0.3 is 5.97 Å². The number of fused-ring (bicyclic) bond motifs is 3. The van der Waals surface area contributed by atoms with Gasteiger partial charge in [0.1, 0.15) is 17.0 Å². The molecule has 16 heavy (non-hydrogen) atoms. The van der Waals surface area contributed by atoms with Crippen molar-refractivity contribution in [2.45, 2.75) is 0 Å². The molecule has 0 fully saturated rings. The average molecular weight is 217 g/mol. The van der Waals surface area contributed by atoms with Gasteiger partial charge in [-0.1, -0.05) is 0 Å². The molecule has 0 aliphatic heterocycles. The van der Waals surface area contributed by atoms with Crippen LogP contribution >= 0.6 is 0 Å². The van der Waals surface area contributed by atoms with E-state index in [0.29, 0.717) is 22.1 Å². The Hall–Kier alpha value is -2.43. The highest BCUT2D eigenvalue weighted by Crippen LogP contribution is 2.31. The Labute approximate surface area is 88.9 Å². The standard InChI is InChI=1S/C11H7NO4/c13-5-1-2-8-6(3-5)10-9(16-8)4-7(12-10)11(14)15/h1-4,12-13H,(H,14,15). The summed E-state index contributed by atoms with van der Waals surface area (Å²) in [6.07, 6.45) is 0. The number of benzene rings is 1. The van der Waals surface area contributed by atoms with Crippen molar-refractivity contribution in [1.82, 2.24) is 4.98 Å². The summed E-state index contributed by atoms with van der Waals surface area (Å²) in [5.74, 6) is -0.929. The van der Waals surface area contributed by atoms with E-state index in [1.54, 1.807) is 6.07 Å². The first kappa shape index (κ1) is 8.84. The van der Waals surface area contributed by atoms with Crippen molar-refractivity contribution in [3.63, 3.8) is 0 Å². The number of carbonyl (C=O) groups is 1. The number of hydrogen-bond donors (Lipinski definition) is 3. The van der Waals surface area contributed by atoms with E-state index in [9.17, 15) is 9.90 Å². The van der Waals surface area contributed by atoms with Gasteiger partial charge in [-0.05, 0) is 18.2 Å². The quantitative estimate of drug-likeness (QED) is 0.583. The van der Waals surface area contributed by atoms with Crippen molar-refractivity contribution in [2.24, 2.45) is 0 Å². The number of carboxylic acid groups (broad SMARTS) is 1. The summed E-state index contributed by atoms with van der Waals surface area (Å²) >= 11 is 0. The molecule has 0 spiro atoms. The Morgan fingerprint density at radius 3 is 2.81 bits per heavy atom. The van der Waals surface area contributed by atoms with Crippen LogP contribution in [0.3, 0.4) is 0 Å². The number of rotatable bonds is 1. The molecule has 0 unspecified atom stereocenters. The van der Waals surface area contributed by atoms with Crippen molar-refractivity contribution < 1.29 is 19.4 Å². The topological polar surface area (TPSA) is 86.5 Å². The molecule has 0 saturated heterocycles. The predicted octanol–water partition coefficient (Wildman–Crippen LogP) is 2.32. The van der Waals surface area contributed by atoms with E-state index in [-0.39, 0.29) is 11.4 Å². The van der Waals surface area contributed by atoms with E-state index in [4.69, 9.17) is 9.52 Å². The van der Waals surface area contributed by atoms with Crippen molar-refractivity contribution in [3.05, 3.63) is 30.0 Å². The summed E-state index contributed by atoms with van der Waals surface area (Å²) < 4.78 is 5.43. The van der Waals surface area contributed by atoms with Crippen LogP contribution in [0.25, 0.3) is 22.1 Å². The van der Waals surface area contributed by atoms with Crippen LogP contribution < -0.4 is 0 Å². The Morgan fingerprint density at radius 2 is 2.06 bits per heavy atom. The molecular weight excluding hydrogens is 210 g/mol. The van der Waals surface area contributed by atoms with Gasteiger partial charge in [0.15, 0.2) is 5.58 Å². The lowest BCUT2D eigenvalue weighted by Gasteiger charge is -1.91. The number of aromatic carboxylic acids is 1. The summed E-state index contributed by atoms with van der Waals surface area (Å²) in [6, 6.07) is 6.11. The molecule has 3 N–H and O–H groups in total. The van der Waals surface area contributed by atoms with E-state index in [2.05, 4.69) is 4.98 Å². The van der Waals surface area contributed by atoms with Crippen molar-refractivity contribution in [2.75, 3.05) is 0 Å². The van der Waals surface area contributed by atoms with Gasteiger partial charge in [0, 0.05) is 11.5 Å². The molecule has 3 aromatic rings. The Morgan fingerprint density at radius 1 is 1.25 bits per heavy atom. The highest BCUT2D eigenvalue weighted by atomic mass is 16.4. The van der Waals surface area contributed by atoms with Crippen LogP contribution in [0.2, 0.25) is 0 Å². The Balaban J connectivity index is 2.40. The van der Waals surface area contributed by atoms with Crippen LogP contribution in [-0.4, -0.2) is 21.2 Å². The summed E-state index contributed by atoms with van der Waals surface area (Å²) in [6.45, 7) is 0. The lowest BCUT2D eigenvalue weighted by molar-refractivity contribution is 0.0691. The lowest BCUT2D eigenvalue weighted by Crippen LogP contribution is -1.94. The third kappa shape index (κ3) is 1.08. The first-order valence-corrected chi connectivity index (χ1v) is 4.62. The summed E-state index contributed by atoms with van der Waals surface area (Å²) in [5.41, 5.74) is 1.73. The number of aromatic amines is 1. The van der Waals surface area contributed by atoms with Crippen molar-refractivity contribution in [3.8, 4) is 5.75 Å². The number of nitrogens with one attached hydrogen (secondary N) is 1. The molecule has 1 aromatic carbocycles. The monoisotopic (exact) mass is 217 g/mol. The van der Waals surface area contributed by atoms with Gasteiger partial charge in [0.05, 0.1) is 5.52 Å². The first-order valence-electron chi connectivity index (χ1n) is 4.62. The number of H-pyrrole nitrogens is 1. The number of hydrogen-bond acceptors (Lipinski definition) is 3. The molecule has 0 amide bonds. The largest absolute Gasteiger partial charge is 0.508 e. The SMILES string of the molecule is O=C(O)c1cc2oc3ccc(O)cc3c2[nH]1. The molecule has 0 aliphatic carbocycles. The van der Waals surface area contributed by atoms with Crippen molar-refractivity contribution >= 4 is 28.0 Å². The van der Waals surface area contributed by atoms with Crippen LogP contribution in [0.15, 0.2) is 28.7 Å².